The van der Waals surface area contributed by atoms with Gasteiger partial charge in [-0.25, -0.2) is 0 Å². The quantitative estimate of drug-likeness (QED) is 0.329. The zero-order valence-electron chi connectivity index (χ0n) is 20.5. The van der Waals surface area contributed by atoms with E-state index in [9.17, 15) is 9.59 Å². The van der Waals surface area contributed by atoms with Crippen molar-refractivity contribution >= 4 is 35.0 Å². The lowest BCUT2D eigenvalue weighted by atomic mass is 10.00. The van der Waals surface area contributed by atoms with E-state index < -0.39 is 0 Å². The highest BCUT2D eigenvalue weighted by molar-refractivity contribution is 8.00. The minimum Gasteiger partial charge on any atom is -0.494 e. The van der Waals surface area contributed by atoms with Crippen molar-refractivity contribution in [2.24, 2.45) is 0 Å². The summed E-state index contributed by atoms with van der Waals surface area (Å²) in [7, 11) is 0. The number of thioether (sulfide) groups is 1. The summed E-state index contributed by atoms with van der Waals surface area (Å²) in [6.07, 6.45) is 2.09. The van der Waals surface area contributed by atoms with Crippen LogP contribution in [0.15, 0.2) is 72.8 Å². The first-order valence-electron chi connectivity index (χ1n) is 12.1. The van der Waals surface area contributed by atoms with Gasteiger partial charge in [-0.3, -0.25) is 14.5 Å². The molecule has 0 bridgehead atoms. The molecule has 1 fully saturated rings. The van der Waals surface area contributed by atoms with E-state index in [2.05, 4.69) is 32.2 Å². The van der Waals surface area contributed by atoms with Crippen LogP contribution in [0.4, 0.5) is 11.4 Å². The Morgan fingerprint density at radius 2 is 1.77 bits per heavy atom. The molecule has 1 heterocycles. The van der Waals surface area contributed by atoms with Crippen molar-refractivity contribution in [3.63, 3.8) is 0 Å². The number of unbranched alkanes of at least 4 members (excludes halogenated alkanes) is 1. The SMILES string of the molecule is CCCCOc1ccc(C(=O)Nc2ccc([C@H]3SCC(=O)N3c3ccccc3C(C)C)cc2)cc1. The Morgan fingerprint density at radius 1 is 1.06 bits per heavy atom. The Bertz CT molecular complexity index is 1160. The third-order valence-corrected chi connectivity index (χ3v) is 7.24. The van der Waals surface area contributed by atoms with Gasteiger partial charge in [0.15, 0.2) is 0 Å². The van der Waals surface area contributed by atoms with Crippen LogP contribution in [0.3, 0.4) is 0 Å². The van der Waals surface area contributed by atoms with Gasteiger partial charge in [0, 0.05) is 16.9 Å². The fourth-order valence-electron chi connectivity index (χ4n) is 4.10. The summed E-state index contributed by atoms with van der Waals surface area (Å²) in [4.78, 5) is 27.5. The number of carbonyl (C=O) groups is 2. The van der Waals surface area contributed by atoms with E-state index in [1.807, 2.05) is 59.5 Å². The maximum atomic E-state index is 12.8. The van der Waals surface area contributed by atoms with E-state index in [1.54, 1.807) is 23.9 Å². The van der Waals surface area contributed by atoms with E-state index >= 15 is 0 Å². The second kappa shape index (κ2) is 11.5. The average molecular weight is 489 g/mol. The van der Waals surface area contributed by atoms with Gasteiger partial charge in [-0.05, 0) is 65.9 Å². The summed E-state index contributed by atoms with van der Waals surface area (Å²) < 4.78 is 5.67. The second-order valence-electron chi connectivity index (χ2n) is 8.94. The topological polar surface area (TPSA) is 58.6 Å². The number of ether oxygens (including phenoxy) is 1. The summed E-state index contributed by atoms with van der Waals surface area (Å²) >= 11 is 1.63. The number of hydrogen-bond donors (Lipinski definition) is 1. The number of hydrogen-bond acceptors (Lipinski definition) is 4. The molecule has 5 nitrogen and oxygen atoms in total. The summed E-state index contributed by atoms with van der Waals surface area (Å²) in [5.74, 6) is 1.49. The lowest BCUT2D eigenvalue weighted by molar-refractivity contribution is -0.115. The largest absolute Gasteiger partial charge is 0.494 e. The van der Waals surface area contributed by atoms with Gasteiger partial charge in [0.05, 0.1) is 12.4 Å². The highest BCUT2D eigenvalue weighted by atomic mass is 32.2. The third kappa shape index (κ3) is 5.88. The Hall–Kier alpha value is -3.25. The third-order valence-electron chi connectivity index (χ3n) is 6.02. The van der Waals surface area contributed by atoms with Crippen molar-refractivity contribution in [2.75, 3.05) is 22.6 Å². The van der Waals surface area contributed by atoms with Gasteiger partial charge in [-0.1, -0.05) is 57.5 Å². The molecule has 0 aliphatic carbocycles. The van der Waals surface area contributed by atoms with Gasteiger partial charge in [0.25, 0.3) is 5.91 Å². The summed E-state index contributed by atoms with van der Waals surface area (Å²) in [6.45, 7) is 7.09. The van der Waals surface area contributed by atoms with E-state index in [4.69, 9.17) is 4.74 Å². The van der Waals surface area contributed by atoms with Gasteiger partial charge in [-0.15, -0.1) is 11.8 Å². The van der Waals surface area contributed by atoms with Crippen LogP contribution in [0.25, 0.3) is 0 Å². The molecular formula is C29H32N2O3S. The molecule has 35 heavy (non-hydrogen) atoms. The Morgan fingerprint density at radius 3 is 2.46 bits per heavy atom. The molecule has 2 amide bonds. The Labute approximate surface area is 211 Å². The van der Waals surface area contributed by atoms with Gasteiger partial charge in [0.1, 0.15) is 11.1 Å². The number of benzene rings is 3. The zero-order chi connectivity index (χ0) is 24.8. The molecule has 3 aromatic carbocycles. The maximum Gasteiger partial charge on any atom is 0.255 e. The minimum atomic E-state index is -0.171. The number of anilines is 2. The molecule has 0 radical (unpaired) electrons. The zero-order valence-corrected chi connectivity index (χ0v) is 21.3. The molecule has 3 aromatic rings. The molecule has 0 unspecified atom stereocenters. The lowest BCUT2D eigenvalue weighted by Crippen LogP contribution is -2.29. The van der Waals surface area contributed by atoms with E-state index in [0.717, 1.165) is 29.8 Å². The lowest BCUT2D eigenvalue weighted by Gasteiger charge is -2.27. The van der Waals surface area contributed by atoms with E-state index in [-0.39, 0.29) is 17.2 Å². The van der Waals surface area contributed by atoms with Crippen LogP contribution >= 0.6 is 11.8 Å². The predicted molar refractivity (Wildman–Crippen MR) is 144 cm³/mol. The van der Waals surface area contributed by atoms with Gasteiger partial charge in [-0.2, -0.15) is 0 Å². The monoisotopic (exact) mass is 488 g/mol. The fraction of sp³-hybridized carbons (Fsp3) is 0.310. The number of para-hydroxylation sites is 1. The molecule has 1 N–H and O–H groups in total. The van der Waals surface area contributed by atoms with Crippen LogP contribution in [0.5, 0.6) is 5.75 Å². The fourth-order valence-corrected chi connectivity index (χ4v) is 5.27. The van der Waals surface area contributed by atoms with Crippen molar-refractivity contribution in [3.05, 3.63) is 89.5 Å². The first-order chi connectivity index (χ1) is 17.0. The predicted octanol–water partition coefficient (Wildman–Crippen LogP) is 7.02. The molecule has 1 aliphatic rings. The molecule has 1 saturated heterocycles. The van der Waals surface area contributed by atoms with Crippen molar-refractivity contribution < 1.29 is 14.3 Å². The molecule has 6 heteroatoms. The number of amides is 2. The minimum absolute atomic E-state index is 0.0904. The van der Waals surface area contributed by atoms with Crippen LogP contribution in [0.1, 0.15) is 66.4 Å². The molecule has 0 aromatic heterocycles. The molecule has 0 spiro atoms. The van der Waals surface area contributed by atoms with E-state index in [0.29, 0.717) is 29.5 Å². The van der Waals surface area contributed by atoms with Gasteiger partial charge < -0.3 is 10.1 Å². The van der Waals surface area contributed by atoms with Gasteiger partial charge in [0.2, 0.25) is 5.91 Å². The number of nitrogens with one attached hydrogen (secondary N) is 1. The van der Waals surface area contributed by atoms with Crippen molar-refractivity contribution in [1.29, 1.82) is 0 Å². The summed E-state index contributed by atoms with van der Waals surface area (Å²) in [5.41, 5.74) is 4.46. The molecule has 182 valence electrons. The van der Waals surface area contributed by atoms with Crippen LogP contribution in [0.2, 0.25) is 0 Å². The van der Waals surface area contributed by atoms with Crippen molar-refractivity contribution in [2.45, 2.75) is 44.9 Å². The first-order valence-corrected chi connectivity index (χ1v) is 13.2. The molecule has 4 rings (SSSR count). The second-order valence-corrected chi connectivity index (χ2v) is 10.0. The Balaban J connectivity index is 1.45. The highest BCUT2D eigenvalue weighted by Gasteiger charge is 2.35. The van der Waals surface area contributed by atoms with Crippen LogP contribution in [0, 0.1) is 0 Å². The molecular weight excluding hydrogens is 456 g/mol. The average Bonchev–Trinajstić information content (AvgIpc) is 3.26. The number of nitrogens with zero attached hydrogens (tertiary/aromatic N) is 1. The smallest absolute Gasteiger partial charge is 0.255 e. The van der Waals surface area contributed by atoms with Crippen molar-refractivity contribution in [3.8, 4) is 5.75 Å². The summed E-state index contributed by atoms with van der Waals surface area (Å²) in [6, 6.07) is 23.1. The maximum absolute atomic E-state index is 12.8. The molecule has 1 atom stereocenters. The number of carbonyl (C=O) groups excluding carboxylic acids is 2. The first kappa shape index (κ1) is 24.9. The van der Waals surface area contributed by atoms with Crippen LogP contribution < -0.4 is 15.0 Å². The molecule has 1 aliphatic heterocycles. The summed E-state index contributed by atoms with van der Waals surface area (Å²) in [5, 5.41) is 2.87. The van der Waals surface area contributed by atoms with Crippen LogP contribution in [-0.4, -0.2) is 24.2 Å². The molecule has 0 saturated carbocycles. The standard InChI is InChI=1S/C29H32N2O3S/c1-4-5-18-34-24-16-12-21(13-17-24)28(33)30-23-14-10-22(11-15-23)29-31(27(32)19-35-29)26-9-7-6-8-25(26)20(2)3/h6-17,20,29H,4-5,18-19H2,1-3H3,(H,30,33)/t29-/m1/s1. The highest BCUT2D eigenvalue weighted by Crippen LogP contribution is 2.44. The van der Waals surface area contributed by atoms with E-state index in [1.165, 1.54) is 5.56 Å². The number of rotatable bonds is 9. The normalized spacial score (nSPS) is 15.5. The van der Waals surface area contributed by atoms with Gasteiger partial charge >= 0.3 is 0 Å². The Kier molecular flexibility index (Phi) is 8.13. The van der Waals surface area contributed by atoms with Crippen molar-refractivity contribution in [1.82, 2.24) is 0 Å². The van der Waals surface area contributed by atoms with Crippen LogP contribution in [-0.2, 0) is 4.79 Å².